The van der Waals surface area contributed by atoms with Gasteiger partial charge in [-0.15, -0.1) is 0 Å². The van der Waals surface area contributed by atoms with Crippen molar-refractivity contribution >= 4 is 0 Å². The molecule has 31 heavy (non-hydrogen) atoms. The van der Waals surface area contributed by atoms with E-state index in [1.807, 2.05) is 0 Å². The van der Waals surface area contributed by atoms with Crippen LogP contribution < -0.4 is 4.74 Å². The molecule has 1 aliphatic rings. The second-order valence-corrected chi connectivity index (χ2v) is 8.16. The number of nitrogens with zero attached hydrogens (tertiary/aromatic N) is 2. The zero-order chi connectivity index (χ0) is 22.5. The van der Waals surface area contributed by atoms with Crippen molar-refractivity contribution in [3.8, 4) is 5.75 Å². The van der Waals surface area contributed by atoms with Gasteiger partial charge in [0.05, 0.1) is 12.2 Å². The smallest absolute Gasteiger partial charge is 0.416 e. The van der Waals surface area contributed by atoms with E-state index in [0.29, 0.717) is 17.9 Å². The first kappa shape index (κ1) is 23.6. The molecule has 0 saturated carbocycles. The molecule has 0 aromatic heterocycles. The number of rotatable bonds is 8. The Balaban J connectivity index is 1.60. The van der Waals surface area contributed by atoms with Crippen molar-refractivity contribution < 1.29 is 23.0 Å². The van der Waals surface area contributed by atoms with Gasteiger partial charge in [-0.05, 0) is 55.3 Å². The van der Waals surface area contributed by atoms with Crippen LogP contribution in [-0.4, -0.2) is 61.3 Å². The molecule has 1 aliphatic heterocycles. The summed E-state index contributed by atoms with van der Waals surface area (Å²) in [5.74, 6) is 0.685. The lowest BCUT2D eigenvalue weighted by molar-refractivity contribution is -0.137. The number of aliphatic hydroxyl groups is 1. The summed E-state index contributed by atoms with van der Waals surface area (Å²) in [7, 11) is 2.14. The van der Waals surface area contributed by atoms with E-state index < -0.39 is 17.3 Å². The van der Waals surface area contributed by atoms with Crippen molar-refractivity contribution in [1.82, 2.24) is 9.80 Å². The van der Waals surface area contributed by atoms with Crippen LogP contribution in [-0.2, 0) is 11.8 Å². The van der Waals surface area contributed by atoms with E-state index in [4.69, 9.17) is 4.74 Å². The molecule has 0 aliphatic carbocycles. The summed E-state index contributed by atoms with van der Waals surface area (Å²) < 4.78 is 45.1. The molecule has 2 aromatic rings. The monoisotopic (exact) mass is 436 g/mol. The Labute approximate surface area is 182 Å². The topological polar surface area (TPSA) is 35.9 Å². The maximum absolute atomic E-state index is 13.1. The third-order valence-corrected chi connectivity index (χ3v) is 5.99. The number of alkyl halides is 3. The van der Waals surface area contributed by atoms with Gasteiger partial charge in [0.1, 0.15) is 11.4 Å². The maximum Gasteiger partial charge on any atom is 0.416 e. The summed E-state index contributed by atoms with van der Waals surface area (Å²) in [6, 6.07) is 11.9. The molecule has 1 unspecified atom stereocenters. The Morgan fingerprint density at radius 1 is 0.935 bits per heavy atom. The highest BCUT2D eigenvalue weighted by atomic mass is 19.4. The molecule has 4 nitrogen and oxygen atoms in total. The average Bonchev–Trinajstić information content (AvgIpc) is 2.77. The summed E-state index contributed by atoms with van der Waals surface area (Å²) in [6.07, 6.45) is -3.28. The summed E-state index contributed by atoms with van der Waals surface area (Å²) in [5.41, 5.74) is -1.50. The van der Waals surface area contributed by atoms with Crippen molar-refractivity contribution in [2.45, 2.75) is 31.5 Å². The number of piperazine rings is 1. The Hall–Kier alpha value is -2.09. The number of halogens is 3. The number of ether oxygens (including phenoxy) is 1. The van der Waals surface area contributed by atoms with Crippen molar-refractivity contribution in [2.24, 2.45) is 0 Å². The van der Waals surface area contributed by atoms with Gasteiger partial charge in [-0.1, -0.05) is 31.2 Å². The average molecular weight is 437 g/mol. The van der Waals surface area contributed by atoms with Crippen LogP contribution >= 0.6 is 0 Å². The van der Waals surface area contributed by atoms with Crippen molar-refractivity contribution in [3.05, 3.63) is 65.2 Å². The van der Waals surface area contributed by atoms with Crippen LogP contribution in [0.1, 0.15) is 36.5 Å². The molecule has 1 saturated heterocycles. The van der Waals surface area contributed by atoms with Crippen molar-refractivity contribution in [3.63, 3.8) is 0 Å². The molecule has 2 aromatic carbocycles. The normalized spacial score (nSPS) is 18.0. The fraction of sp³-hybridized carbons (Fsp3) is 0.500. The Kier molecular flexibility index (Phi) is 7.62. The zero-order valence-corrected chi connectivity index (χ0v) is 18.2. The molecule has 0 amide bonds. The van der Waals surface area contributed by atoms with Gasteiger partial charge in [0.15, 0.2) is 0 Å². The molecule has 1 fully saturated rings. The van der Waals surface area contributed by atoms with E-state index in [0.717, 1.165) is 51.3 Å². The quantitative estimate of drug-likeness (QED) is 0.624. The van der Waals surface area contributed by atoms with Crippen LogP contribution in [0.4, 0.5) is 13.2 Å². The fourth-order valence-electron chi connectivity index (χ4n) is 3.90. The predicted molar refractivity (Wildman–Crippen MR) is 115 cm³/mol. The lowest BCUT2D eigenvalue weighted by atomic mass is 9.83. The third-order valence-electron chi connectivity index (χ3n) is 5.99. The summed E-state index contributed by atoms with van der Waals surface area (Å²) in [6.45, 7) is 7.69. The first-order chi connectivity index (χ1) is 14.7. The van der Waals surface area contributed by atoms with Gasteiger partial charge in [-0.2, -0.15) is 13.2 Å². The number of benzene rings is 2. The van der Waals surface area contributed by atoms with Crippen LogP contribution in [0.5, 0.6) is 5.75 Å². The molecule has 7 heteroatoms. The van der Waals surface area contributed by atoms with Gasteiger partial charge < -0.3 is 19.6 Å². The Morgan fingerprint density at radius 3 is 2.19 bits per heavy atom. The lowest BCUT2D eigenvalue weighted by Crippen LogP contribution is -2.44. The van der Waals surface area contributed by atoms with E-state index in [-0.39, 0.29) is 12.0 Å². The lowest BCUT2D eigenvalue weighted by Gasteiger charge is -2.32. The fourth-order valence-corrected chi connectivity index (χ4v) is 3.90. The highest BCUT2D eigenvalue weighted by Gasteiger charge is 2.34. The summed E-state index contributed by atoms with van der Waals surface area (Å²) >= 11 is 0. The van der Waals surface area contributed by atoms with Crippen LogP contribution in [0.25, 0.3) is 0 Å². The van der Waals surface area contributed by atoms with E-state index in [2.05, 4.69) is 16.8 Å². The second-order valence-electron chi connectivity index (χ2n) is 8.16. The molecule has 0 bridgehead atoms. The molecule has 0 radical (unpaired) electrons. The van der Waals surface area contributed by atoms with Gasteiger partial charge in [-0.25, -0.2) is 0 Å². The van der Waals surface area contributed by atoms with Gasteiger partial charge in [0.25, 0.3) is 0 Å². The van der Waals surface area contributed by atoms with E-state index >= 15 is 0 Å². The van der Waals surface area contributed by atoms with Crippen molar-refractivity contribution in [1.29, 1.82) is 0 Å². The first-order valence-electron chi connectivity index (χ1n) is 10.8. The molecule has 3 rings (SSSR count). The standard InChI is InChI=1S/C24H31F3N2O2/c1-3-23(30,20-6-4-7-21(18-20)24(25,26)27)19-8-10-22(11-9-19)31-17-5-12-29-15-13-28(2)14-16-29/h4,6-11,18,30H,3,5,12-17H2,1-2H3. The molecule has 170 valence electrons. The molecular formula is C24H31F3N2O2. The van der Waals surface area contributed by atoms with Gasteiger partial charge >= 0.3 is 6.18 Å². The predicted octanol–water partition coefficient (Wildman–Crippen LogP) is 4.37. The summed E-state index contributed by atoms with van der Waals surface area (Å²) in [5, 5.41) is 11.2. The second kappa shape index (κ2) is 10.0. The third kappa shape index (κ3) is 5.99. The summed E-state index contributed by atoms with van der Waals surface area (Å²) in [4.78, 5) is 4.76. The van der Waals surface area contributed by atoms with Crippen LogP contribution in [0, 0.1) is 0 Å². The molecular weight excluding hydrogens is 405 g/mol. The molecule has 1 N–H and O–H groups in total. The molecule has 0 spiro atoms. The van der Waals surface area contributed by atoms with Crippen LogP contribution in [0.2, 0.25) is 0 Å². The molecule has 1 heterocycles. The maximum atomic E-state index is 13.1. The first-order valence-corrected chi connectivity index (χ1v) is 10.8. The minimum absolute atomic E-state index is 0.227. The van der Waals surface area contributed by atoms with E-state index in [1.165, 1.54) is 12.1 Å². The zero-order valence-electron chi connectivity index (χ0n) is 18.2. The number of likely N-dealkylation sites (N-methyl/N-ethyl adjacent to an activating group) is 1. The van der Waals surface area contributed by atoms with Crippen LogP contribution in [0.15, 0.2) is 48.5 Å². The van der Waals surface area contributed by atoms with E-state index in [1.54, 1.807) is 31.2 Å². The van der Waals surface area contributed by atoms with Crippen LogP contribution in [0.3, 0.4) is 0 Å². The van der Waals surface area contributed by atoms with Gasteiger partial charge in [-0.3, -0.25) is 0 Å². The SMILES string of the molecule is CCC(O)(c1ccc(OCCCN2CCN(C)CC2)cc1)c1cccc(C(F)(F)F)c1. The molecule has 1 atom stereocenters. The van der Waals surface area contributed by atoms with Gasteiger partial charge in [0, 0.05) is 32.7 Å². The minimum Gasteiger partial charge on any atom is -0.494 e. The number of hydrogen-bond acceptors (Lipinski definition) is 4. The van der Waals surface area contributed by atoms with E-state index in [9.17, 15) is 18.3 Å². The Bertz CT molecular complexity index is 833. The highest BCUT2D eigenvalue weighted by molar-refractivity contribution is 5.40. The number of hydrogen-bond donors (Lipinski definition) is 1. The van der Waals surface area contributed by atoms with Gasteiger partial charge in [0.2, 0.25) is 0 Å². The minimum atomic E-state index is -4.45. The highest BCUT2D eigenvalue weighted by Crippen LogP contribution is 2.37. The van der Waals surface area contributed by atoms with Crippen molar-refractivity contribution in [2.75, 3.05) is 46.4 Å². The largest absolute Gasteiger partial charge is 0.494 e. The Morgan fingerprint density at radius 2 is 1.58 bits per heavy atom.